The summed E-state index contributed by atoms with van der Waals surface area (Å²) >= 11 is 0. The van der Waals surface area contributed by atoms with Crippen molar-refractivity contribution in [2.45, 2.75) is 34.1 Å². The first-order chi connectivity index (χ1) is 7.10. The number of rotatable bonds is 2. The van der Waals surface area contributed by atoms with Gasteiger partial charge in [-0.25, -0.2) is 0 Å². The molecule has 15 heavy (non-hydrogen) atoms. The van der Waals surface area contributed by atoms with Crippen molar-refractivity contribution in [1.29, 1.82) is 0 Å². The number of allylic oxidation sites excluding steroid dienone is 1. The molecule has 0 spiro atoms. The van der Waals surface area contributed by atoms with Crippen LogP contribution in [0, 0.1) is 29.1 Å². The number of fused-ring (bicyclic) bond motifs is 2. The molecule has 2 unspecified atom stereocenters. The minimum absolute atomic E-state index is 0.455. The third kappa shape index (κ3) is 1.47. The van der Waals surface area contributed by atoms with Crippen molar-refractivity contribution >= 4 is 0 Å². The van der Waals surface area contributed by atoms with E-state index in [0.29, 0.717) is 11.3 Å². The molecule has 1 heteroatoms. The monoisotopic (exact) mass is 208 g/mol. The van der Waals surface area contributed by atoms with Crippen molar-refractivity contribution in [2.24, 2.45) is 29.1 Å². The molecule has 1 aliphatic carbocycles. The van der Waals surface area contributed by atoms with Gasteiger partial charge >= 0.3 is 0 Å². The normalized spacial score (nSPS) is 33.7. The predicted molar refractivity (Wildman–Crippen MR) is 63.7 cm³/mol. The molecule has 1 nitrogen and oxygen atoms in total. The second-order valence-corrected chi connectivity index (χ2v) is 5.77. The molecule has 2 rings (SSSR count). The summed E-state index contributed by atoms with van der Waals surface area (Å²) in [5, 5.41) is 0. The van der Waals surface area contributed by atoms with E-state index in [0.717, 1.165) is 31.0 Å². The molecule has 1 aliphatic heterocycles. The first-order valence-corrected chi connectivity index (χ1v) is 6.36. The lowest BCUT2D eigenvalue weighted by molar-refractivity contribution is 0.0125. The molecule has 0 aromatic rings. The molecule has 1 fully saturated rings. The highest BCUT2D eigenvalue weighted by Crippen LogP contribution is 2.56. The lowest BCUT2D eigenvalue weighted by Gasteiger charge is -2.46. The average molecular weight is 208 g/mol. The van der Waals surface area contributed by atoms with Crippen LogP contribution in [-0.2, 0) is 4.74 Å². The first-order valence-electron chi connectivity index (χ1n) is 6.36. The Morgan fingerprint density at radius 2 is 1.67 bits per heavy atom. The van der Waals surface area contributed by atoms with E-state index in [2.05, 4.69) is 39.8 Å². The van der Waals surface area contributed by atoms with Gasteiger partial charge in [-0.15, -0.1) is 0 Å². The summed E-state index contributed by atoms with van der Waals surface area (Å²) < 4.78 is 5.73. The van der Waals surface area contributed by atoms with Gasteiger partial charge in [0, 0.05) is 12.5 Å². The Morgan fingerprint density at radius 3 is 2.27 bits per heavy atom. The zero-order chi connectivity index (χ0) is 11.1. The van der Waals surface area contributed by atoms with E-state index in [4.69, 9.17) is 4.74 Å². The zero-order valence-corrected chi connectivity index (χ0v) is 10.5. The quantitative estimate of drug-likeness (QED) is 0.631. The summed E-state index contributed by atoms with van der Waals surface area (Å²) in [5.41, 5.74) is 0.455. The molecule has 0 amide bonds. The zero-order valence-electron chi connectivity index (χ0n) is 10.5. The Balaban J connectivity index is 2.38. The minimum Gasteiger partial charge on any atom is -0.381 e. The van der Waals surface area contributed by atoms with Crippen LogP contribution in [0.5, 0.6) is 0 Å². The van der Waals surface area contributed by atoms with Gasteiger partial charge in [-0.05, 0) is 29.6 Å². The fourth-order valence-electron chi connectivity index (χ4n) is 4.22. The molecule has 2 bridgehead atoms. The summed E-state index contributed by atoms with van der Waals surface area (Å²) in [7, 11) is 0. The fourth-order valence-corrected chi connectivity index (χ4v) is 4.22. The van der Waals surface area contributed by atoms with Crippen LogP contribution in [0.3, 0.4) is 0 Å². The maximum Gasteiger partial charge on any atom is 0.0534 e. The maximum atomic E-state index is 5.73. The summed E-state index contributed by atoms with van der Waals surface area (Å²) in [5.74, 6) is 2.86. The highest BCUT2D eigenvalue weighted by Gasteiger charge is 2.51. The molecular formula is C14H24O. The molecule has 0 N–H and O–H groups in total. The van der Waals surface area contributed by atoms with Crippen LogP contribution in [0.15, 0.2) is 12.2 Å². The van der Waals surface area contributed by atoms with Crippen LogP contribution in [-0.4, -0.2) is 13.2 Å². The van der Waals surface area contributed by atoms with Crippen molar-refractivity contribution in [1.82, 2.24) is 0 Å². The molecule has 0 aromatic carbocycles. The molecule has 2 aliphatic rings. The van der Waals surface area contributed by atoms with Crippen molar-refractivity contribution < 1.29 is 4.74 Å². The number of hydrogen-bond acceptors (Lipinski definition) is 1. The Labute approximate surface area is 93.9 Å². The van der Waals surface area contributed by atoms with Crippen LogP contribution in [0.2, 0.25) is 0 Å². The standard InChI is InChI=1S/C14H24O/c1-10(2)14(11(3)4)12-5-6-13(14)9-15-8-7-12/h5-6,10-13H,7-9H2,1-4H3. The van der Waals surface area contributed by atoms with Gasteiger partial charge in [-0.2, -0.15) is 0 Å². The highest BCUT2D eigenvalue weighted by molar-refractivity contribution is 5.17. The number of hydrogen-bond donors (Lipinski definition) is 0. The van der Waals surface area contributed by atoms with Gasteiger partial charge in [0.25, 0.3) is 0 Å². The van der Waals surface area contributed by atoms with Crippen LogP contribution >= 0.6 is 0 Å². The van der Waals surface area contributed by atoms with Crippen molar-refractivity contribution in [3.05, 3.63) is 12.2 Å². The van der Waals surface area contributed by atoms with E-state index in [1.54, 1.807) is 0 Å². The highest BCUT2D eigenvalue weighted by atomic mass is 16.5. The first kappa shape index (κ1) is 11.2. The molecule has 1 heterocycles. The van der Waals surface area contributed by atoms with E-state index in [9.17, 15) is 0 Å². The Morgan fingerprint density at radius 1 is 1.07 bits per heavy atom. The Hall–Kier alpha value is -0.300. The Kier molecular flexibility index (Phi) is 2.94. The summed E-state index contributed by atoms with van der Waals surface area (Å²) in [4.78, 5) is 0. The summed E-state index contributed by atoms with van der Waals surface area (Å²) in [6.07, 6.45) is 6.10. The second-order valence-electron chi connectivity index (χ2n) is 5.77. The largest absolute Gasteiger partial charge is 0.381 e. The van der Waals surface area contributed by atoms with Crippen molar-refractivity contribution in [2.75, 3.05) is 13.2 Å². The van der Waals surface area contributed by atoms with Crippen LogP contribution in [0.25, 0.3) is 0 Å². The van der Waals surface area contributed by atoms with Crippen molar-refractivity contribution in [3.63, 3.8) is 0 Å². The van der Waals surface area contributed by atoms with Crippen LogP contribution in [0.4, 0.5) is 0 Å². The minimum atomic E-state index is 0.455. The molecule has 86 valence electrons. The second kappa shape index (κ2) is 3.93. The topological polar surface area (TPSA) is 9.23 Å². The lowest BCUT2D eigenvalue weighted by atomic mass is 9.57. The van der Waals surface area contributed by atoms with E-state index < -0.39 is 0 Å². The van der Waals surface area contributed by atoms with Gasteiger partial charge in [-0.3, -0.25) is 0 Å². The molecule has 2 atom stereocenters. The maximum absolute atomic E-state index is 5.73. The number of ether oxygens (including phenoxy) is 1. The molecule has 0 radical (unpaired) electrons. The van der Waals surface area contributed by atoms with Crippen LogP contribution < -0.4 is 0 Å². The molecule has 1 saturated heterocycles. The molecule has 0 aromatic heterocycles. The summed E-state index contributed by atoms with van der Waals surface area (Å²) in [6.45, 7) is 11.4. The van der Waals surface area contributed by atoms with Gasteiger partial charge < -0.3 is 4.74 Å². The van der Waals surface area contributed by atoms with E-state index >= 15 is 0 Å². The van der Waals surface area contributed by atoms with Gasteiger partial charge in [0.2, 0.25) is 0 Å². The van der Waals surface area contributed by atoms with Gasteiger partial charge in [-0.1, -0.05) is 39.8 Å². The lowest BCUT2D eigenvalue weighted by Crippen LogP contribution is -2.43. The third-order valence-electron chi connectivity index (χ3n) is 4.73. The SMILES string of the molecule is CC(C)C1(C(C)C)C2C=CC1COCC2. The molecule has 0 saturated carbocycles. The fraction of sp³-hybridized carbons (Fsp3) is 0.857. The van der Waals surface area contributed by atoms with E-state index in [-0.39, 0.29) is 0 Å². The average Bonchev–Trinajstić information content (AvgIpc) is 2.35. The third-order valence-corrected chi connectivity index (χ3v) is 4.73. The summed E-state index contributed by atoms with van der Waals surface area (Å²) in [6, 6.07) is 0. The van der Waals surface area contributed by atoms with Gasteiger partial charge in [0.1, 0.15) is 0 Å². The smallest absolute Gasteiger partial charge is 0.0534 e. The van der Waals surface area contributed by atoms with Gasteiger partial charge in [0.05, 0.1) is 6.61 Å². The van der Waals surface area contributed by atoms with Gasteiger partial charge in [0.15, 0.2) is 0 Å². The predicted octanol–water partition coefficient (Wildman–Crippen LogP) is 3.51. The van der Waals surface area contributed by atoms with Crippen LogP contribution in [0.1, 0.15) is 34.1 Å². The molecular weight excluding hydrogens is 184 g/mol. The van der Waals surface area contributed by atoms with Crippen molar-refractivity contribution in [3.8, 4) is 0 Å². The van der Waals surface area contributed by atoms with E-state index in [1.807, 2.05) is 0 Å². The Bertz CT molecular complexity index is 226. The van der Waals surface area contributed by atoms with E-state index in [1.165, 1.54) is 6.42 Å².